The number of hydrogen-bond donors (Lipinski definition) is 1. The van der Waals surface area contributed by atoms with E-state index in [4.69, 9.17) is 0 Å². The second kappa shape index (κ2) is 5.34. The van der Waals surface area contributed by atoms with E-state index in [1.54, 1.807) is 18.3 Å². The highest BCUT2D eigenvalue weighted by Gasteiger charge is 2.13. The molecular weight excluding hydrogens is 190 g/mol. The minimum atomic E-state index is -0.0686. The van der Waals surface area contributed by atoms with Gasteiger partial charge in [-0.05, 0) is 26.0 Å². The van der Waals surface area contributed by atoms with E-state index in [-0.39, 0.29) is 5.91 Å². The van der Waals surface area contributed by atoms with Crippen LogP contribution in [0.1, 0.15) is 24.2 Å². The van der Waals surface area contributed by atoms with Crippen LogP contribution in [0, 0.1) is 0 Å². The lowest BCUT2D eigenvalue weighted by molar-refractivity contribution is 0.0956. The molecule has 0 saturated heterocycles. The van der Waals surface area contributed by atoms with E-state index in [0.717, 1.165) is 12.4 Å². The van der Waals surface area contributed by atoms with Crippen molar-refractivity contribution in [2.45, 2.75) is 13.8 Å². The van der Waals surface area contributed by atoms with Gasteiger partial charge in [0.15, 0.2) is 0 Å². The standard InChI is InChI=1S/C11H17N3O/c1-4-12-11(15)9-7-6-8-13-10(9)14(3)5-2/h6-8H,4-5H2,1-3H3,(H,12,15). The number of amides is 1. The Hall–Kier alpha value is -1.58. The van der Waals surface area contributed by atoms with Gasteiger partial charge in [0.2, 0.25) is 0 Å². The van der Waals surface area contributed by atoms with Gasteiger partial charge in [-0.2, -0.15) is 0 Å². The largest absolute Gasteiger partial charge is 0.359 e. The first kappa shape index (κ1) is 11.5. The van der Waals surface area contributed by atoms with Gasteiger partial charge >= 0.3 is 0 Å². The molecule has 82 valence electrons. The highest BCUT2D eigenvalue weighted by Crippen LogP contribution is 2.14. The molecule has 0 spiro atoms. The monoisotopic (exact) mass is 207 g/mol. The van der Waals surface area contributed by atoms with Gasteiger partial charge in [-0.3, -0.25) is 4.79 Å². The van der Waals surface area contributed by atoms with E-state index in [1.807, 2.05) is 25.8 Å². The van der Waals surface area contributed by atoms with Crippen molar-refractivity contribution in [1.29, 1.82) is 0 Å². The summed E-state index contributed by atoms with van der Waals surface area (Å²) < 4.78 is 0. The van der Waals surface area contributed by atoms with Gasteiger partial charge in [-0.25, -0.2) is 4.98 Å². The molecule has 0 atom stereocenters. The Labute approximate surface area is 90.3 Å². The maximum atomic E-state index is 11.7. The molecule has 1 rings (SSSR count). The van der Waals surface area contributed by atoms with Crippen molar-refractivity contribution < 1.29 is 4.79 Å². The van der Waals surface area contributed by atoms with E-state index in [2.05, 4.69) is 10.3 Å². The molecule has 0 radical (unpaired) electrons. The Balaban J connectivity index is 3.00. The molecule has 0 fully saturated rings. The van der Waals surface area contributed by atoms with E-state index in [9.17, 15) is 4.79 Å². The predicted octanol–water partition coefficient (Wildman–Crippen LogP) is 1.29. The van der Waals surface area contributed by atoms with Crippen molar-refractivity contribution in [3.8, 4) is 0 Å². The SMILES string of the molecule is CCNC(=O)c1cccnc1N(C)CC. The number of anilines is 1. The zero-order valence-corrected chi connectivity index (χ0v) is 9.45. The summed E-state index contributed by atoms with van der Waals surface area (Å²) in [6.07, 6.45) is 1.70. The summed E-state index contributed by atoms with van der Waals surface area (Å²) in [7, 11) is 1.92. The maximum Gasteiger partial charge on any atom is 0.255 e. The molecule has 4 heteroatoms. The van der Waals surface area contributed by atoms with Crippen LogP contribution in [-0.4, -0.2) is 31.0 Å². The van der Waals surface area contributed by atoms with Crippen molar-refractivity contribution >= 4 is 11.7 Å². The van der Waals surface area contributed by atoms with Crippen LogP contribution in [0.5, 0.6) is 0 Å². The molecule has 15 heavy (non-hydrogen) atoms. The number of nitrogens with zero attached hydrogens (tertiary/aromatic N) is 2. The Morgan fingerprint density at radius 3 is 2.87 bits per heavy atom. The lowest BCUT2D eigenvalue weighted by Gasteiger charge is -2.18. The average molecular weight is 207 g/mol. The van der Waals surface area contributed by atoms with Gasteiger partial charge in [0.25, 0.3) is 5.91 Å². The number of carbonyl (C=O) groups is 1. The van der Waals surface area contributed by atoms with E-state index >= 15 is 0 Å². The molecule has 1 N–H and O–H groups in total. The van der Waals surface area contributed by atoms with Crippen LogP contribution >= 0.6 is 0 Å². The first-order valence-electron chi connectivity index (χ1n) is 5.15. The second-order valence-corrected chi connectivity index (χ2v) is 3.25. The Bertz CT molecular complexity index is 338. The van der Waals surface area contributed by atoms with Crippen molar-refractivity contribution in [2.24, 2.45) is 0 Å². The number of aromatic nitrogens is 1. The van der Waals surface area contributed by atoms with Crippen LogP contribution in [-0.2, 0) is 0 Å². The van der Waals surface area contributed by atoms with Gasteiger partial charge < -0.3 is 10.2 Å². The number of nitrogens with one attached hydrogen (secondary N) is 1. The molecular formula is C11H17N3O. The lowest BCUT2D eigenvalue weighted by Crippen LogP contribution is -2.27. The summed E-state index contributed by atoms with van der Waals surface area (Å²) in [4.78, 5) is 17.9. The summed E-state index contributed by atoms with van der Waals surface area (Å²) in [5, 5.41) is 2.78. The van der Waals surface area contributed by atoms with E-state index in [1.165, 1.54) is 0 Å². The second-order valence-electron chi connectivity index (χ2n) is 3.25. The zero-order chi connectivity index (χ0) is 11.3. The van der Waals surface area contributed by atoms with Crippen LogP contribution < -0.4 is 10.2 Å². The quantitative estimate of drug-likeness (QED) is 0.809. The van der Waals surface area contributed by atoms with Crippen molar-refractivity contribution in [1.82, 2.24) is 10.3 Å². The Morgan fingerprint density at radius 1 is 1.53 bits per heavy atom. The van der Waals surface area contributed by atoms with Crippen molar-refractivity contribution in [2.75, 3.05) is 25.0 Å². The summed E-state index contributed by atoms with van der Waals surface area (Å²) in [6.45, 7) is 5.38. The lowest BCUT2D eigenvalue weighted by atomic mass is 10.2. The number of pyridine rings is 1. The number of rotatable bonds is 4. The molecule has 0 unspecified atom stereocenters. The first-order chi connectivity index (χ1) is 7.20. The maximum absolute atomic E-state index is 11.7. The minimum absolute atomic E-state index is 0.0686. The highest BCUT2D eigenvalue weighted by atomic mass is 16.1. The van der Waals surface area contributed by atoms with E-state index in [0.29, 0.717) is 12.1 Å². The topological polar surface area (TPSA) is 45.2 Å². The third kappa shape index (κ3) is 2.68. The van der Waals surface area contributed by atoms with Gasteiger partial charge in [0.05, 0.1) is 5.56 Å². The van der Waals surface area contributed by atoms with Gasteiger partial charge in [0.1, 0.15) is 5.82 Å². The third-order valence-electron chi connectivity index (χ3n) is 2.20. The molecule has 0 aliphatic heterocycles. The fourth-order valence-corrected chi connectivity index (χ4v) is 1.28. The van der Waals surface area contributed by atoms with Crippen LogP contribution in [0.15, 0.2) is 18.3 Å². The molecule has 0 saturated carbocycles. The third-order valence-corrected chi connectivity index (χ3v) is 2.20. The summed E-state index contributed by atoms with van der Waals surface area (Å²) in [5.41, 5.74) is 0.628. The predicted molar refractivity (Wildman–Crippen MR) is 61.2 cm³/mol. The molecule has 1 heterocycles. The zero-order valence-electron chi connectivity index (χ0n) is 9.45. The fraction of sp³-hybridized carbons (Fsp3) is 0.455. The molecule has 0 aromatic carbocycles. The highest BCUT2D eigenvalue weighted by molar-refractivity contribution is 5.98. The van der Waals surface area contributed by atoms with Crippen LogP contribution in [0.2, 0.25) is 0 Å². The van der Waals surface area contributed by atoms with Crippen molar-refractivity contribution in [3.05, 3.63) is 23.9 Å². The van der Waals surface area contributed by atoms with Gasteiger partial charge in [0, 0.05) is 26.3 Å². The summed E-state index contributed by atoms with van der Waals surface area (Å²) in [6, 6.07) is 3.57. The molecule has 0 bridgehead atoms. The van der Waals surface area contributed by atoms with Crippen LogP contribution in [0.3, 0.4) is 0 Å². The minimum Gasteiger partial charge on any atom is -0.359 e. The van der Waals surface area contributed by atoms with E-state index < -0.39 is 0 Å². The molecule has 0 aliphatic rings. The molecule has 0 aliphatic carbocycles. The normalized spacial score (nSPS) is 9.80. The van der Waals surface area contributed by atoms with Gasteiger partial charge in [-0.15, -0.1) is 0 Å². The van der Waals surface area contributed by atoms with Gasteiger partial charge in [-0.1, -0.05) is 0 Å². The number of hydrogen-bond acceptors (Lipinski definition) is 3. The smallest absolute Gasteiger partial charge is 0.255 e. The van der Waals surface area contributed by atoms with Crippen LogP contribution in [0.4, 0.5) is 5.82 Å². The Kier molecular flexibility index (Phi) is 4.09. The summed E-state index contributed by atoms with van der Waals surface area (Å²) in [5.74, 6) is 0.659. The molecule has 1 amide bonds. The molecule has 1 aromatic rings. The number of carbonyl (C=O) groups excluding carboxylic acids is 1. The average Bonchev–Trinajstić information content (AvgIpc) is 2.28. The van der Waals surface area contributed by atoms with Crippen molar-refractivity contribution in [3.63, 3.8) is 0 Å². The summed E-state index contributed by atoms with van der Waals surface area (Å²) >= 11 is 0. The first-order valence-corrected chi connectivity index (χ1v) is 5.15. The Morgan fingerprint density at radius 2 is 2.27 bits per heavy atom. The molecule has 4 nitrogen and oxygen atoms in total. The fourth-order valence-electron chi connectivity index (χ4n) is 1.28. The van der Waals surface area contributed by atoms with Crippen LogP contribution in [0.25, 0.3) is 0 Å². The molecule has 1 aromatic heterocycles.